The monoisotopic (exact) mass is 323 g/mol. The molecule has 2 rings (SSSR count). The molecule has 0 bridgehead atoms. The molecule has 1 heterocycles. The lowest BCUT2D eigenvalue weighted by atomic mass is 10.1. The van der Waals surface area contributed by atoms with E-state index in [4.69, 9.17) is 5.10 Å². The molecular weight excluding hydrogens is 302 g/mol. The summed E-state index contributed by atoms with van der Waals surface area (Å²) in [7, 11) is 0. The number of hydrogen-bond acceptors (Lipinski definition) is 2. The minimum absolute atomic E-state index is 0.477. The number of para-hydroxylation sites is 1. The number of benzene rings is 1. The van der Waals surface area contributed by atoms with Gasteiger partial charge in [-0.25, -0.2) is 0 Å². The highest BCUT2D eigenvalue weighted by molar-refractivity contribution is 9.09. The molecule has 1 unspecified atom stereocenters. The third kappa shape index (κ3) is 3.18. The topological polar surface area (TPSA) is 29.9 Å². The molecule has 0 spiro atoms. The van der Waals surface area contributed by atoms with E-state index in [0.29, 0.717) is 12.0 Å². The van der Waals surface area contributed by atoms with E-state index in [-0.39, 0.29) is 0 Å². The van der Waals surface area contributed by atoms with Crippen LogP contribution in [0, 0.1) is 5.92 Å². The number of fused-ring (bicyclic) bond motifs is 1. The molecule has 3 nitrogen and oxygen atoms in total. The van der Waals surface area contributed by atoms with Gasteiger partial charge in [0.05, 0.1) is 11.2 Å². The van der Waals surface area contributed by atoms with Crippen LogP contribution in [-0.4, -0.2) is 21.2 Å². The summed E-state index contributed by atoms with van der Waals surface area (Å²) in [6, 6.07) is 8.93. The number of alkyl halides is 1. The van der Waals surface area contributed by atoms with Gasteiger partial charge in [0.25, 0.3) is 0 Å². The third-order valence-corrected chi connectivity index (χ3v) is 4.23. The molecule has 1 aromatic carbocycles. The second kappa shape index (κ2) is 6.53. The highest BCUT2D eigenvalue weighted by atomic mass is 79.9. The van der Waals surface area contributed by atoms with E-state index in [1.807, 2.05) is 0 Å². The summed E-state index contributed by atoms with van der Waals surface area (Å²) in [5.74, 6) is 0.610. The van der Waals surface area contributed by atoms with Crippen LogP contribution in [0.5, 0.6) is 0 Å². The molecule has 0 radical (unpaired) electrons. The Morgan fingerprint density at radius 3 is 2.68 bits per heavy atom. The van der Waals surface area contributed by atoms with Crippen molar-refractivity contribution in [1.82, 2.24) is 15.1 Å². The molecule has 4 heteroatoms. The average molecular weight is 324 g/mol. The van der Waals surface area contributed by atoms with Gasteiger partial charge >= 0.3 is 0 Å². The first-order valence-corrected chi connectivity index (χ1v) is 8.03. The van der Waals surface area contributed by atoms with Crippen LogP contribution in [0.4, 0.5) is 0 Å². The van der Waals surface area contributed by atoms with Gasteiger partial charge in [0.15, 0.2) is 0 Å². The Kier molecular flexibility index (Phi) is 4.99. The van der Waals surface area contributed by atoms with Crippen molar-refractivity contribution in [3.63, 3.8) is 0 Å². The van der Waals surface area contributed by atoms with Crippen LogP contribution >= 0.6 is 15.9 Å². The number of halogens is 1. The Hall–Kier alpha value is -0.870. The molecule has 0 aliphatic heterocycles. The number of rotatable bonds is 6. The maximum absolute atomic E-state index is 4.71. The number of aryl methyl sites for hydroxylation is 1. The standard InChI is InChI=1S/C15H22BrN3/c1-4-19-15-8-6-5-7-12(15)14(18-19)10-17-13(9-16)11(2)3/h5-8,11,13,17H,4,9-10H2,1-3H3. The van der Waals surface area contributed by atoms with Crippen molar-refractivity contribution in [2.24, 2.45) is 5.92 Å². The van der Waals surface area contributed by atoms with E-state index in [1.54, 1.807) is 0 Å². The lowest BCUT2D eigenvalue weighted by Gasteiger charge is -2.19. The van der Waals surface area contributed by atoms with E-state index < -0.39 is 0 Å². The van der Waals surface area contributed by atoms with Crippen LogP contribution < -0.4 is 5.32 Å². The molecule has 0 amide bonds. The first kappa shape index (κ1) is 14.5. The van der Waals surface area contributed by atoms with Crippen molar-refractivity contribution in [1.29, 1.82) is 0 Å². The molecule has 0 aliphatic rings. The molecule has 0 saturated heterocycles. The predicted octanol–water partition coefficient (Wildman–Crippen LogP) is 3.57. The van der Waals surface area contributed by atoms with Crippen molar-refractivity contribution >= 4 is 26.8 Å². The Balaban J connectivity index is 2.21. The van der Waals surface area contributed by atoms with Crippen LogP contribution in [0.1, 0.15) is 26.5 Å². The fraction of sp³-hybridized carbons (Fsp3) is 0.533. The summed E-state index contributed by atoms with van der Waals surface area (Å²) in [5, 5.41) is 10.5. The largest absolute Gasteiger partial charge is 0.307 e. The van der Waals surface area contributed by atoms with Crippen LogP contribution in [0.25, 0.3) is 10.9 Å². The van der Waals surface area contributed by atoms with Gasteiger partial charge in [-0.2, -0.15) is 5.10 Å². The number of aromatic nitrogens is 2. The number of hydrogen-bond donors (Lipinski definition) is 1. The van der Waals surface area contributed by atoms with Crippen LogP contribution in [0.3, 0.4) is 0 Å². The summed E-state index contributed by atoms with van der Waals surface area (Å²) in [4.78, 5) is 0. The van der Waals surface area contributed by atoms with Crippen molar-refractivity contribution in [3.8, 4) is 0 Å². The summed E-state index contributed by atoms with van der Waals surface area (Å²) in [6.45, 7) is 8.34. The summed E-state index contributed by atoms with van der Waals surface area (Å²) < 4.78 is 2.07. The first-order chi connectivity index (χ1) is 9.17. The molecule has 0 fully saturated rings. The van der Waals surface area contributed by atoms with Crippen molar-refractivity contribution < 1.29 is 0 Å². The van der Waals surface area contributed by atoms with Gasteiger partial charge in [0.2, 0.25) is 0 Å². The Morgan fingerprint density at radius 2 is 2.05 bits per heavy atom. The van der Waals surface area contributed by atoms with Crippen LogP contribution in [-0.2, 0) is 13.1 Å². The molecule has 0 saturated carbocycles. The van der Waals surface area contributed by atoms with Gasteiger partial charge in [0, 0.05) is 29.8 Å². The molecule has 19 heavy (non-hydrogen) atoms. The molecule has 1 N–H and O–H groups in total. The number of nitrogens with zero attached hydrogens (tertiary/aromatic N) is 2. The smallest absolute Gasteiger partial charge is 0.0841 e. The van der Waals surface area contributed by atoms with E-state index in [0.717, 1.165) is 24.1 Å². The first-order valence-electron chi connectivity index (χ1n) is 6.91. The van der Waals surface area contributed by atoms with Crippen LogP contribution in [0.2, 0.25) is 0 Å². The van der Waals surface area contributed by atoms with Gasteiger partial charge in [-0.15, -0.1) is 0 Å². The van der Waals surface area contributed by atoms with Gasteiger partial charge in [-0.05, 0) is 18.9 Å². The average Bonchev–Trinajstić information content (AvgIpc) is 2.77. The second-order valence-electron chi connectivity index (χ2n) is 5.17. The zero-order chi connectivity index (χ0) is 13.8. The highest BCUT2D eigenvalue weighted by Gasteiger charge is 2.14. The normalized spacial score (nSPS) is 13.3. The molecule has 1 aromatic heterocycles. The zero-order valence-electron chi connectivity index (χ0n) is 11.9. The van der Waals surface area contributed by atoms with Gasteiger partial charge in [-0.3, -0.25) is 4.68 Å². The lowest BCUT2D eigenvalue weighted by Crippen LogP contribution is -2.34. The maximum atomic E-state index is 4.71. The molecule has 2 aromatic rings. The Bertz CT molecular complexity index is 533. The van der Waals surface area contributed by atoms with E-state index in [2.05, 4.69) is 71.0 Å². The maximum Gasteiger partial charge on any atom is 0.0841 e. The highest BCUT2D eigenvalue weighted by Crippen LogP contribution is 2.18. The van der Waals surface area contributed by atoms with Gasteiger partial charge in [0.1, 0.15) is 0 Å². The SMILES string of the molecule is CCn1nc(CNC(CBr)C(C)C)c2ccccc21. The second-order valence-corrected chi connectivity index (χ2v) is 5.81. The fourth-order valence-electron chi connectivity index (χ4n) is 2.26. The van der Waals surface area contributed by atoms with Crippen LogP contribution in [0.15, 0.2) is 24.3 Å². The predicted molar refractivity (Wildman–Crippen MR) is 84.7 cm³/mol. The van der Waals surface area contributed by atoms with E-state index >= 15 is 0 Å². The van der Waals surface area contributed by atoms with E-state index in [1.165, 1.54) is 10.9 Å². The van der Waals surface area contributed by atoms with E-state index in [9.17, 15) is 0 Å². The zero-order valence-corrected chi connectivity index (χ0v) is 13.4. The minimum Gasteiger partial charge on any atom is -0.307 e. The summed E-state index contributed by atoms with van der Waals surface area (Å²) in [6.07, 6.45) is 0. The summed E-state index contributed by atoms with van der Waals surface area (Å²) >= 11 is 3.57. The summed E-state index contributed by atoms with van der Waals surface area (Å²) in [5.41, 5.74) is 2.37. The molecular formula is C15H22BrN3. The lowest BCUT2D eigenvalue weighted by molar-refractivity contribution is 0.431. The Morgan fingerprint density at radius 1 is 1.32 bits per heavy atom. The van der Waals surface area contributed by atoms with Crippen molar-refractivity contribution in [3.05, 3.63) is 30.0 Å². The van der Waals surface area contributed by atoms with Gasteiger partial charge in [-0.1, -0.05) is 48.0 Å². The van der Waals surface area contributed by atoms with Gasteiger partial charge < -0.3 is 5.32 Å². The Labute approximate surface area is 123 Å². The fourth-order valence-corrected chi connectivity index (χ4v) is 3.24. The third-order valence-electron chi connectivity index (χ3n) is 3.54. The van der Waals surface area contributed by atoms with Crippen molar-refractivity contribution in [2.45, 2.75) is 39.9 Å². The quantitative estimate of drug-likeness (QED) is 0.824. The van der Waals surface area contributed by atoms with Crippen molar-refractivity contribution in [2.75, 3.05) is 5.33 Å². The molecule has 0 aliphatic carbocycles. The minimum atomic E-state index is 0.477. The molecule has 104 valence electrons. The molecule has 1 atom stereocenters. The number of nitrogens with one attached hydrogen (secondary N) is 1.